The highest BCUT2D eigenvalue weighted by atomic mass is 79.9. The van der Waals surface area contributed by atoms with Crippen LogP contribution in [-0.2, 0) is 16.6 Å². The van der Waals surface area contributed by atoms with Crippen LogP contribution in [0.3, 0.4) is 0 Å². The van der Waals surface area contributed by atoms with Crippen molar-refractivity contribution in [2.45, 2.75) is 18.4 Å². The zero-order chi connectivity index (χ0) is 15.5. The van der Waals surface area contributed by atoms with Crippen molar-refractivity contribution in [1.82, 2.24) is 14.7 Å². The number of hydrogen-bond acceptors (Lipinski definition) is 5. The second-order valence-corrected chi connectivity index (χ2v) is 7.00. The van der Waals surface area contributed by atoms with Crippen molar-refractivity contribution in [3.63, 3.8) is 0 Å². The van der Waals surface area contributed by atoms with Gasteiger partial charge in [-0.05, 0) is 41.1 Å². The summed E-state index contributed by atoms with van der Waals surface area (Å²) in [4.78, 5) is 8.39. The minimum absolute atomic E-state index is 0.0898. The normalized spacial score (nSPS) is 11.4. The van der Waals surface area contributed by atoms with Crippen LogP contribution in [-0.4, -0.2) is 25.4 Å². The summed E-state index contributed by atoms with van der Waals surface area (Å²) in [5.41, 5.74) is 1.50. The first-order valence-corrected chi connectivity index (χ1v) is 8.45. The van der Waals surface area contributed by atoms with Crippen molar-refractivity contribution in [3.05, 3.63) is 46.3 Å². The van der Waals surface area contributed by atoms with Gasteiger partial charge in [0.25, 0.3) is 0 Å². The predicted octanol–water partition coefficient (Wildman–Crippen LogP) is 2.07. The van der Waals surface area contributed by atoms with E-state index < -0.39 is 10.0 Å². The van der Waals surface area contributed by atoms with Crippen LogP contribution in [0.15, 0.2) is 39.8 Å². The van der Waals surface area contributed by atoms with Crippen molar-refractivity contribution in [2.75, 3.05) is 12.4 Å². The van der Waals surface area contributed by atoms with E-state index in [1.165, 1.54) is 12.3 Å². The summed E-state index contributed by atoms with van der Waals surface area (Å²) in [6.07, 6.45) is 1.53. The molecule has 0 fully saturated rings. The van der Waals surface area contributed by atoms with E-state index in [4.69, 9.17) is 0 Å². The molecule has 0 aliphatic heterocycles. The molecule has 2 aromatic heterocycles. The highest BCUT2D eigenvalue weighted by Gasteiger charge is 2.19. The van der Waals surface area contributed by atoms with E-state index in [9.17, 15) is 8.42 Å². The monoisotopic (exact) mass is 370 g/mol. The Balaban J connectivity index is 2.24. The molecule has 2 heterocycles. The molecule has 2 N–H and O–H groups in total. The molecule has 0 aromatic carbocycles. The molecule has 21 heavy (non-hydrogen) atoms. The van der Waals surface area contributed by atoms with Crippen molar-refractivity contribution in [2.24, 2.45) is 0 Å². The van der Waals surface area contributed by atoms with Crippen molar-refractivity contribution >= 4 is 31.8 Å². The zero-order valence-electron chi connectivity index (χ0n) is 11.6. The minimum Gasteiger partial charge on any atom is -0.372 e. The molecule has 0 atom stereocenters. The molecule has 0 aliphatic rings. The fraction of sp³-hybridized carbons (Fsp3) is 0.231. The van der Waals surface area contributed by atoms with Crippen LogP contribution in [0.1, 0.15) is 11.4 Å². The topological polar surface area (TPSA) is 84.0 Å². The first kappa shape index (κ1) is 15.9. The lowest BCUT2D eigenvalue weighted by molar-refractivity contribution is 0.580. The average molecular weight is 371 g/mol. The second-order valence-electron chi connectivity index (χ2n) is 4.35. The first-order valence-electron chi connectivity index (χ1n) is 6.18. The van der Waals surface area contributed by atoms with E-state index >= 15 is 0 Å². The van der Waals surface area contributed by atoms with Gasteiger partial charge >= 0.3 is 0 Å². The number of anilines is 1. The minimum atomic E-state index is -3.68. The quantitative estimate of drug-likeness (QED) is 0.841. The van der Waals surface area contributed by atoms with Crippen LogP contribution < -0.4 is 10.0 Å². The number of nitrogens with one attached hydrogen (secondary N) is 2. The molecule has 8 heteroatoms. The maximum absolute atomic E-state index is 12.4. The molecule has 0 unspecified atom stereocenters. The Morgan fingerprint density at radius 1 is 1.33 bits per heavy atom. The molecule has 0 bridgehead atoms. The molecule has 6 nitrogen and oxygen atoms in total. The van der Waals surface area contributed by atoms with Crippen LogP contribution in [0, 0.1) is 6.92 Å². The standard InChI is InChI=1S/C13H15BrN4O2S/c1-9-4-3-5-11(18-9)8-17-21(19,20)12-6-10(14)7-16-13(12)15-2/h3-7,17H,8H2,1-2H3,(H,15,16). The fourth-order valence-electron chi connectivity index (χ4n) is 1.76. The van der Waals surface area contributed by atoms with Gasteiger partial charge in [-0.3, -0.25) is 4.98 Å². The summed E-state index contributed by atoms with van der Waals surface area (Å²) >= 11 is 3.23. The van der Waals surface area contributed by atoms with Gasteiger partial charge in [-0.15, -0.1) is 0 Å². The average Bonchev–Trinajstić information content (AvgIpc) is 2.45. The Hall–Kier alpha value is -1.51. The molecule has 0 radical (unpaired) electrons. The Kier molecular flexibility index (Phi) is 4.92. The van der Waals surface area contributed by atoms with Crippen molar-refractivity contribution < 1.29 is 8.42 Å². The first-order chi connectivity index (χ1) is 9.92. The van der Waals surface area contributed by atoms with Gasteiger partial charge in [0.15, 0.2) is 0 Å². The molecule has 112 valence electrons. The third-order valence-electron chi connectivity index (χ3n) is 2.73. The number of rotatable bonds is 5. The van der Waals surface area contributed by atoms with Crippen LogP contribution in [0.4, 0.5) is 5.82 Å². The molecular formula is C13H15BrN4O2S. The SMILES string of the molecule is CNc1ncc(Br)cc1S(=O)(=O)NCc1cccc(C)n1. The lowest BCUT2D eigenvalue weighted by atomic mass is 10.3. The van der Waals surface area contributed by atoms with E-state index in [0.717, 1.165) is 5.69 Å². The van der Waals surface area contributed by atoms with Gasteiger partial charge in [0.2, 0.25) is 10.0 Å². The van der Waals surface area contributed by atoms with Crippen LogP contribution in [0.2, 0.25) is 0 Å². The Morgan fingerprint density at radius 3 is 2.76 bits per heavy atom. The second kappa shape index (κ2) is 6.50. The van der Waals surface area contributed by atoms with Crippen LogP contribution in [0.25, 0.3) is 0 Å². The van der Waals surface area contributed by atoms with Crippen molar-refractivity contribution in [3.8, 4) is 0 Å². The molecule has 0 saturated carbocycles. The Bertz CT molecular complexity index is 750. The summed E-state index contributed by atoms with van der Waals surface area (Å²) in [7, 11) is -2.06. The smallest absolute Gasteiger partial charge is 0.244 e. The third-order valence-corrected chi connectivity index (χ3v) is 4.58. The Labute approximate surface area is 132 Å². The molecule has 0 aliphatic carbocycles. The molecular weight excluding hydrogens is 356 g/mol. The van der Waals surface area contributed by atoms with Gasteiger partial charge in [0.05, 0.1) is 12.2 Å². The lowest BCUT2D eigenvalue weighted by Gasteiger charge is -2.10. The number of hydrogen-bond donors (Lipinski definition) is 2. The van der Waals surface area contributed by atoms with E-state index in [-0.39, 0.29) is 11.4 Å². The van der Waals surface area contributed by atoms with Crippen LogP contribution in [0.5, 0.6) is 0 Å². The van der Waals surface area contributed by atoms with Crippen LogP contribution >= 0.6 is 15.9 Å². The highest BCUT2D eigenvalue weighted by molar-refractivity contribution is 9.10. The largest absolute Gasteiger partial charge is 0.372 e. The number of pyridine rings is 2. The zero-order valence-corrected chi connectivity index (χ0v) is 14.0. The van der Waals surface area contributed by atoms with Gasteiger partial charge in [0.1, 0.15) is 10.7 Å². The molecule has 0 spiro atoms. The summed E-state index contributed by atoms with van der Waals surface area (Å²) < 4.78 is 27.9. The molecule has 0 amide bonds. The maximum atomic E-state index is 12.4. The summed E-state index contributed by atoms with van der Waals surface area (Å²) in [6, 6.07) is 6.97. The Morgan fingerprint density at radius 2 is 2.10 bits per heavy atom. The van der Waals surface area contributed by atoms with Gasteiger partial charge in [-0.2, -0.15) is 0 Å². The van der Waals surface area contributed by atoms with E-state index in [2.05, 4.69) is 35.9 Å². The fourth-order valence-corrected chi connectivity index (χ4v) is 3.43. The van der Waals surface area contributed by atoms with Gasteiger partial charge in [-0.25, -0.2) is 18.1 Å². The lowest BCUT2D eigenvalue weighted by Crippen LogP contribution is -2.25. The molecule has 2 rings (SSSR count). The van der Waals surface area contributed by atoms with Crippen molar-refractivity contribution in [1.29, 1.82) is 0 Å². The van der Waals surface area contributed by atoms with Gasteiger partial charge < -0.3 is 5.32 Å². The van der Waals surface area contributed by atoms with E-state index in [1.54, 1.807) is 13.1 Å². The number of halogens is 1. The summed E-state index contributed by atoms with van der Waals surface area (Å²) in [5.74, 6) is 0.294. The maximum Gasteiger partial charge on any atom is 0.244 e. The van der Waals surface area contributed by atoms with Gasteiger partial charge in [0, 0.05) is 23.4 Å². The third kappa shape index (κ3) is 3.99. The van der Waals surface area contributed by atoms with E-state index in [0.29, 0.717) is 16.0 Å². The molecule has 2 aromatic rings. The van der Waals surface area contributed by atoms with Gasteiger partial charge in [-0.1, -0.05) is 6.07 Å². The summed E-state index contributed by atoms with van der Waals surface area (Å²) in [6.45, 7) is 1.98. The number of nitrogens with zero attached hydrogens (tertiary/aromatic N) is 2. The van der Waals surface area contributed by atoms with E-state index in [1.807, 2.05) is 19.1 Å². The highest BCUT2D eigenvalue weighted by Crippen LogP contribution is 2.22. The number of aryl methyl sites for hydroxylation is 1. The number of sulfonamides is 1. The molecule has 0 saturated heterocycles. The summed E-state index contributed by atoms with van der Waals surface area (Å²) in [5, 5.41) is 2.77. The number of aromatic nitrogens is 2. The predicted molar refractivity (Wildman–Crippen MR) is 84.5 cm³/mol.